The first-order valence-electron chi connectivity index (χ1n) is 9.75. The van der Waals surface area contributed by atoms with Crippen molar-refractivity contribution < 1.29 is 4.79 Å². The van der Waals surface area contributed by atoms with Crippen LogP contribution >= 0.6 is 0 Å². The van der Waals surface area contributed by atoms with Crippen LogP contribution in [0.3, 0.4) is 0 Å². The Labute approximate surface area is 174 Å². The van der Waals surface area contributed by atoms with E-state index >= 15 is 0 Å². The summed E-state index contributed by atoms with van der Waals surface area (Å²) < 4.78 is 1.53. The van der Waals surface area contributed by atoms with Crippen LogP contribution in [0.4, 0.5) is 5.69 Å². The number of hydrogen-bond donors (Lipinski definition) is 2. The molecule has 0 saturated heterocycles. The predicted molar refractivity (Wildman–Crippen MR) is 118 cm³/mol. The minimum absolute atomic E-state index is 0.130. The SMILES string of the molecule is Cc1cccn2c(=O)cc(CNc3ccccc3C(=O)NCc3ccccc3)nc12. The minimum atomic E-state index is -0.163. The molecule has 0 radical (unpaired) electrons. The van der Waals surface area contributed by atoms with Gasteiger partial charge >= 0.3 is 0 Å². The molecule has 0 saturated carbocycles. The van der Waals surface area contributed by atoms with Gasteiger partial charge in [0.15, 0.2) is 0 Å². The number of pyridine rings is 1. The highest BCUT2D eigenvalue weighted by Gasteiger charge is 2.11. The molecule has 6 nitrogen and oxygen atoms in total. The van der Waals surface area contributed by atoms with Gasteiger partial charge in [-0.05, 0) is 36.2 Å². The Morgan fingerprint density at radius 2 is 1.73 bits per heavy atom. The summed E-state index contributed by atoms with van der Waals surface area (Å²) in [6, 6.07) is 22.3. The first kappa shape index (κ1) is 19.4. The zero-order chi connectivity index (χ0) is 20.9. The number of nitrogens with zero attached hydrogens (tertiary/aromatic N) is 2. The Morgan fingerprint density at radius 3 is 2.57 bits per heavy atom. The summed E-state index contributed by atoms with van der Waals surface area (Å²) in [5, 5.41) is 6.20. The maximum Gasteiger partial charge on any atom is 0.258 e. The number of aromatic nitrogens is 2. The molecule has 2 aromatic carbocycles. The molecule has 0 atom stereocenters. The number of hydrogen-bond acceptors (Lipinski definition) is 4. The number of nitrogens with one attached hydrogen (secondary N) is 2. The maximum absolute atomic E-state index is 12.7. The number of rotatable bonds is 6. The maximum atomic E-state index is 12.7. The van der Waals surface area contributed by atoms with Gasteiger partial charge in [-0.25, -0.2) is 4.98 Å². The number of fused-ring (bicyclic) bond motifs is 1. The Hall–Kier alpha value is -3.93. The fourth-order valence-corrected chi connectivity index (χ4v) is 3.29. The van der Waals surface area contributed by atoms with Crippen LogP contribution in [-0.4, -0.2) is 15.3 Å². The third-order valence-corrected chi connectivity index (χ3v) is 4.87. The van der Waals surface area contributed by atoms with Crippen molar-refractivity contribution in [2.75, 3.05) is 5.32 Å². The molecular formula is C24H22N4O2. The number of aryl methyl sites for hydroxylation is 1. The number of benzene rings is 2. The fraction of sp³-hybridized carbons (Fsp3) is 0.125. The van der Waals surface area contributed by atoms with Gasteiger partial charge in [0.2, 0.25) is 0 Å². The summed E-state index contributed by atoms with van der Waals surface area (Å²) in [5.74, 6) is -0.163. The number of para-hydroxylation sites is 1. The molecule has 4 aromatic rings. The van der Waals surface area contributed by atoms with E-state index in [0.29, 0.717) is 35.7 Å². The summed E-state index contributed by atoms with van der Waals surface area (Å²) in [7, 11) is 0. The molecule has 0 spiro atoms. The second kappa shape index (κ2) is 8.61. The van der Waals surface area contributed by atoms with Crippen molar-refractivity contribution in [3.63, 3.8) is 0 Å². The third-order valence-electron chi connectivity index (χ3n) is 4.87. The highest BCUT2D eigenvalue weighted by atomic mass is 16.1. The van der Waals surface area contributed by atoms with Gasteiger partial charge in [0.1, 0.15) is 5.65 Å². The predicted octanol–water partition coefficient (Wildman–Crippen LogP) is 3.55. The van der Waals surface area contributed by atoms with Crippen LogP contribution in [0, 0.1) is 6.92 Å². The van der Waals surface area contributed by atoms with E-state index in [2.05, 4.69) is 15.6 Å². The molecule has 150 valence electrons. The molecule has 0 unspecified atom stereocenters. The van der Waals surface area contributed by atoms with E-state index in [1.165, 1.54) is 10.5 Å². The van der Waals surface area contributed by atoms with Gasteiger partial charge in [-0.15, -0.1) is 0 Å². The fourth-order valence-electron chi connectivity index (χ4n) is 3.29. The molecule has 0 aliphatic rings. The number of amides is 1. The quantitative estimate of drug-likeness (QED) is 0.521. The van der Waals surface area contributed by atoms with E-state index in [1.807, 2.05) is 67.6 Å². The molecule has 30 heavy (non-hydrogen) atoms. The van der Waals surface area contributed by atoms with Crippen molar-refractivity contribution in [1.29, 1.82) is 0 Å². The molecule has 2 aromatic heterocycles. The van der Waals surface area contributed by atoms with Gasteiger partial charge in [-0.2, -0.15) is 0 Å². The van der Waals surface area contributed by atoms with Crippen LogP contribution in [-0.2, 0) is 13.1 Å². The molecule has 2 N–H and O–H groups in total. The van der Waals surface area contributed by atoms with Crippen molar-refractivity contribution in [3.05, 3.63) is 112 Å². The van der Waals surface area contributed by atoms with E-state index in [-0.39, 0.29) is 11.5 Å². The van der Waals surface area contributed by atoms with Crippen LogP contribution in [0.1, 0.15) is 27.2 Å². The molecule has 0 aliphatic heterocycles. The van der Waals surface area contributed by atoms with Crippen LogP contribution < -0.4 is 16.2 Å². The summed E-state index contributed by atoms with van der Waals surface area (Å²) in [6.07, 6.45) is 1.71. The second-order valence-electron chi connectivity index (χ2n) is 7.04. The molecule has 4 rings (SSSR count). The average molecular weight is 398 g/mol. The molecular weight excluding hydrogens is 376 g/mol. The van der Waals surface area contributed by atoms with E-state index in [0.717, 1.165) is 11.1 Å². The molecule has 0 fully saturated rings. The molecule has 0 aliphatic carbocycles. The van der Waals surface area contributed by atoms with Crippen LogP contribution in [0.15, 0.2) is 83.8 Å². The first-order chi connectivity index (χ1) is 14.6. The summed E-state index contributed by atoms with van der Waals surface area (Å²) in [4.78, 5) is 29.7. The van der Waals surface area contributed by atoms with E-state index in [9.17, 15) is 9.59 Å². The van der Waals surface area contributed by atoms with Gasteiger partial charge in [-0.3, -0.25) is 14.0 Å². The van der Waals surface area contributed by atoms with Crippen molar-refractivity contribution >= 4 is 17.2 Å². The average Bonchev–Trinajstić information content (AvgIpc) is 2.78. The van der Waals surface area contributed by atoms with Gasteiger partial charge in [0.25, 0.3) is 11.5 Å². The van der Waals surface area contributed by atoms with Crippen LogP contribution in [0.2, 0.25) is 0 Å². The first-order valence-corrected chi connectivity index (χ1v) is 9.75. The number of carbonyl (C=O) groups excluding carboxylic acids is 1. The number of anilines is 1. The molecule has 1 amide bonds. The van der Waals surface area contributed by atoms with E-state index in [4.69, 9.17) is 0 Å². The van der Waals surface area contributed by atoms with Crippen molar-refractivity contribution in [2.45, 2.75) is 20.0 Å². The van der Waals surface area contributed by atoms with Crippen LogP contribution in [0.5, 0.6) is 0 Å². The molecule has 0 bridgehead atoms. The van der Waals surface area contributed by atoms with Gasteiger partial charge in [0, 0.05) is 24.5 Å². The summed E-state index contributed by atoms with van der Waals surface area (Å²) >= 11 is 0. The standard InChI is InChI=1S/C24H22N4O2/c1-17-8-7-13-28-22(29)14-19(27-23(17)28)16-25-21-12-6-5-11-20(21)24(30)26-15-18-9-3-2-4-10-18/h2-14,25H,15-16H2,1H3,(H,26,30). The van der Waals surface area contributed by atoms with Gasteiger partial charge in [-0.1, -0.05) is 48.5 Å². The van der Waals surface area contributed by atoms with E-state index < -0.39 is 0 Å². The smallest absolute Gasteiger partial charge is 0.258 e. The summed E-state index contributed by atoms with van der Waals surface area (Å²) in [6.45, 7) is 2.71. The lowest BCUT2D eigenvalue weighted by molar-refractivity contribution is 0.0951. The number of carbonyl (C=O) groups is 1. The molecule has 2 heterocycles. The van der Waals surface area contributed by atoms with E-state index in [1.54, 1.807) is 12.3 Å². The lowest BCUT2D eigenvalue weighted by Crippen LogP contribution is -2.24. The zero-order valence-corrected chi connectivity index (χ0v) is 16.6. The topological polar surface area (TPSA) is 75.5 Å². The highest BCUT2D eigenvalue weighted by Crippen LogP contribution is 2.16. The Morgan fingerprint density at radius 1 is 0.967 bits per heavy atom. The lowest BCUT2D eigenvalue weighted by Gasteiger charge is -2.13. The second-order valence-corrected chi connectivity index (χ2v) is 7.04. The van der Waals surface area contributed by atoms with Crippen molar-refractivity contribution in [3.8, 4) is 0 Å². The van der Waals surface area contributed by atoms with Gasteiger partial charge in [0.05, 0.1) is 17.8 Å². The van der Waals surface area contributed by atoms with Crippen LogP contribution in [0.25, 0.3) is 5.65 Å². The Balaban J connectivity index is 1.51. The Bertz CT molecular complexity index is 1250. The monoisotopic (exact) mass is 398 g/mol. The summed E-state index contributed by atoms with van der Waals surface area (Å²) in [5.41, 5.74) is 4.32. The largest absolute Gasteiger partial charge is 0.379 e. The van der Waals surface area contributed by atoms with Crippen molar-refractivity contribution in [2.24, 2.45) is 0 Å². The lowest BCUT2D eigenvalue weighted by atomic mass is 10.1. The Kier molecular flexibility index (Phi) is 5.57. The van der Waals surface area contributed by atoms with Gasteiger partial charge < -0.3 is 10.6 Å². The minimum Gasteiger partial charge on any atom is -0.379 e. The normalized spacial score (nSPS) is 10.7. The van der Waals surface area contributed by atoms with Crippen molar-refractivity contribution in [1.82, 2.24) is 14.7 Å². The third kappa shape index (κ3) is 4.22. The zero-order valence-electron chi connectivity index (χ0n) is 16.6. The molecule has 6 heteroatoms. The highest BCUT2D eigenvalue weighted by molar-refractivity contribution is 5.99.